The van der Waals surface area contributed by atoms with Crippen LogP contribution in [0, 0.1) is 23.2 Å². The van der Waals surface area contributed by atoms with Gasteiger partial charge in [0.1, 0.15) is 12.4 Å². The van der Waals surface area contributed by atoms with Gasteiger partial charge in [0.05, 0.1) is 18.4 Å². The highest BCUT2D eigenvalue weighted by atomic mass is 35.5. The first-order valence-corrected chi connectivity index (χ1v) is 5.05. The van der Waals surface area contributed by atoms with Gasteiger partial charge in [0.2, 0.25) is 0 Å². The Kier molecular flexibility index (Phi) is 5.15. The lowest BCUT2D eigenvalue weighted by Gasteiger charge is -2.02. The smallest absolute Gasteiger partial charge is 0.119 e. The number of alkyl halides is 1. The summed E-state index contributed by atoms with van der Waals surface area (Å²) < 4.78 is 5.31. The summed E-state index contributed by atoms with van der Waals surface area (Å²) in [5.74, 6) is 6.75. The van der Waals surface area contributed by atoms with Crippen molar-refractivity contribution in [3.63, 3.8) is 0 Å². The fourth-order valence-electron chi connectivity index (χ4n) is 0.984. The molecule has 1 aromatic rings. The Morgan fingerprint density at radius 1 is 1.27 bits per heavy atom. The van der Waals surface area contributed by atoms with Crippen LogP contribution in [0.15, 0.2) is 24.3 Å². The average Bonchev–Trinajstić information content (AvgIpc) is 2.28. The van der Waals surface area contributed by atoms with Gasteiger partial charge in [0.25, 0.3) is 0 Å². The summed E-state index contributed by atoms with van der Waals surface area (Å²) in [5, 5.41) is 8.32. The topological polar surface area (TPSA) is 33.0 Å². The van der Waals surface area contributed by atoms with Gasteiger partial charge in [0, 0.05) is 5.56 Å². The van der Waals surface area contributed by atoms with Crippen LogP contribution < -0.4 is 4.74 Å². The van der Waals surface area contributed by atoms with Gasteiger partial charge < -0.3 is 4.74 Å². The molecular formula is C12H10ClNO. The molecule has 0 bridgehead atoms. The molecule has 0 saturated carbocycles. The van der Waals surface area contributed by atoms with Crippen molar-refractivity contribution in [1.29, 1.82) is 5.26 Å². The number of benzene rings is 1. The van der Waals surface area contributed by atoms with Crippen LogP contribution in [0.1, 0.15) is 12.0 Å². The molecule has 1 aromatic carbocycles. The molecule has 0 aromatic heterocycles. The Morgan fingerprint density at radius 3 is 2.60 bits per heavy atom. The Labute approximate surface area is 94.4 Å². The maximum Gasteiger partial charge on any atom is 0.119 e. The standard InChI is InChI=1S/C12H10ClNO/c13-8-1-3-11-4-6-12(7-5-11)15-10-2-9-14/h4-7H,2,8,10H2. The minimum absolute atomic E-state index is 0.334. The first-order chi connectivity index (χ1) is 7.36. The van der Waals surface area contributed by atoms with Crippen molar-refractivity contribution in [1.82, 2.24) is 0 Å². The molecule has 0 heterocycles. The summed E-state index contributed by atoms with van der Waals surface area (Å²) in [6.45, 7) is 0.420. The normalized spacial score (nSPS) is 8.53. The molecule has 0 radical (unpaired) electrons. The summed E-state index contributed by atoms with van der Waals surface area (Å²) in [5.41, 5.74) is 0.906. The van der Waals surface area contributed by atoms with E-state index in [2.05, 4.69) is 11.8 Å². The van der Waals surface area contributed by atoms with Crippen molar-refractivity contribution < 1.29 is 4.74 Å². The van der Waals surface area contributed by atoms with Crippen LogP contribution in [0.25, 0.3) is 0 Å². The van der Waals surface area contributed by atoms with E-state index in [0.29, 0.717) is 18.9 Å². The van der Waals surface area contributed by atoms with Gasteiger partial charge in [-0.1, -0.05) is 11.8 Å². The predicted octanol–water partition coefficient (Wildman–Crippen LogP) is 2.57. The Bertz CT molecular complexity index is 394. The van der Waals surface area contributed by atoms with E-state index >= 15 is 0 Å². The largest absolute Gasteiger partial charge is 0.493 e. The third-order valence-corrected chi connectivity index (χ3v) is 1.77. The second-order valence-corrected chi connectivity index (χ2v) is 2.98. The number of nitrogens with zero attached hydrogens (tertiary/aromatic N) is 1. The first-order valence-electron chi connectivity index (χ1n) is 4.51. The van der Waals surface area contributed by atoms with E-state index in [1.54, 1.807) is 0 Å². The number of hydrogen-bond donors (Lipinski definition) is 0. The van der Waals surface area contributed by atoms with Gasteiger partial charge in [0.15, 0.2) is 0 Å². The SMILES string of the molecule is N#CCCOc1ccc(C#CCCl)cc1. The molecule has 0 aliphatic rings. The van der Waals surface area contributed by atoms with Crippen molar-refractivity contribution in [2.45, 2.75) is 6.42 Å². The van der Waals surface area contributed by atoms with E-state index in [1.165, 1.54) is 0 Å². The van der Waals surface area contributed by atoms with Crippen LogP contribution in [0.3, 0.4) is 0 Å². The third kappa shape index (κ3) is 4.40. The van der Waals surface area contributed by atoms with Crippen LogP contribution in [0.4, 0.5) is 0 Å². The quantitative estimate of drug-likeness (QED) is 0.445. The molecule has 1 rings (SSSR count). The number of rotatable bonds is 3. The monoisotopic (exact) mass is 219 g/mol. The van der Waals surface area contributed by atoms with Gasteiger partial charge in [-0.15, -0.1) is 11.6 Å². The highest BCUT2D eigenvalue weighted by Gasteiger charge is 1.92. The molecule has 15 heavy (non-hydrogen) atoms. The van der Waals surface area contributed by atoms with Crippen LogP contribution >= 0.6 is 11.6 Å². The van der Waals surface area contributed by atoms with Gasteiger partial charge >= 0.3 is 0 Å². The summed E-state index contributed by atoms with van der Waals surface area (Å²) in [6, 6.07) is 9.40. The van der Waals surface area contributed by atoms with Crippen LogP contribution in [0.5, 0.6) is 5.75 Å². The molecule has 0 fully saturated rings. The second-order valence-electron chi connectivity index (χ2n) is 2.72. The van der Waals surface area contributed by atoms with E-state index in [0.717, 1.165) is 11.3 Å². The maximum atomic E-state index is 8.32. The van der Waals surface area contributed by atoms with Crippen molar-refractivity contribution >= 4 is 11.6 Å². The zero-order chi connectivity index (χ0) is 10.9. The molecule has 0 unspecified atom stereocenters. The van der Waals surface area contributed by atoms with Crippen molar-refractivity contribution in [2.24, 2.45) is 0 Å². The zero-order valence-electron chi connectivity index (χ0n) is 8.16. The molecule has 0 N–H and O–H groups in total. The lowest BCUT2D eigenvalue weighted by atomic mass is 10.2. The van der Waals surface area contributed by atoms with E-state index in [-0.39, 0.29) is 0 Å². The van der Waals surface area contributed by atoms with Gasteiger partial charge in [-0.05, 0) is 24.3 Å². The molecule has 0 atom stereocenters. The number of halogens is 1. The fraction of sp³-hybridized carbons (Fsp3) is 0.250. The molecule has 0 spiro atoms. The van der Waals surface area contributed by atoms with Crippen molar-refractivity contribution in [2.75, 3.05) is 12.5 Å². The van der Waals surface area contributed by atoms with Crippen molar-refractivity contribution in [3.8, 4) is 23.7 Å². The second kappa shape index (κ2) is 6.76. The predicted molar refractivity (Wildman–Crippen MR) is 59.8 cm³/mol. The number of nitriles is 1. The van der Waals surface area contributed by atoms with Crippen molar-refractivity contribution in [3.05, 3.63) is 29.8 Å². The summed E-state index contributed by atoms with van der Waals surface area (Å²) in [4.78, 5) is 0. The molecule has 0 saturated heterocycles. The minimum atomic E-state index is 0.334. The number of ether oxygens (including phenoxy) is 1. The molecule has 3 heteroatoms. The van der Waals surface area contributed by atoms with Gasteiger partial charge in [-0.2, -0.15) is 5.26 Å². The van der Waals surface area contributed by atoms with E-state index in [9.17, 15) is 0 Å². The Hall–Kier alpha value is -1.64. The van der Waals surface area contributed by atoms with E-state index < -0.39 is 0 Å². The Balaban J connectivity index is 2.53. The van der Waals surface area contributed by atoms with Gasteiger partial charge in [-0.3, -0.25) is 0 Å². The minimum Gasteiger partial charge on any atom is -0.493 e. The summed E-state index contributed by atoms with van der Waals surface area (Å²) in [6.07, 6.45) is 0.397. The average molecular weight is 220 g/mol. The number of hydrogen-bond acceptors (Lipinski definition) is 2. The lowest BCUT2D eigenvalue weighted by Crippen LogP contribution is -1.95. The molecule has 2 nitrogen and oxygen atoms in total. The molecule has 76 valence electrons. The maximum absolute atomic E-state index is 8.32. The van der Waals surface area contributed by atoms with Crippen LogP contribution in [-0.2, 0) is 0 Å². The summed E-state index contributed by atoms with van der Waals surface area (Å²) in [7, 11) is 0. The van der Waals surface area contributed by atoms with Crippen LogP contribution in [-0.4, -0.2) is 12.5 Å². The summed E-state index contributed by atoms with van der Waals surface area (Å²) >= 11 is 5.44. The zero-order valence-corrected chi connectivity index (χ0v) is 8.92. The first kappa shape index (κ1) is 11.4. The highest BCUT2D eigenvalue weighted by molar-refractivity contribution is 6.19. The molecule has 0 aliphatic heterocycles. The van der Waals surface area contributed by atoms with E-state index in [4.69, 9.17) is 21.6 Å². The third-order valence-electron chi connectivity index (χ3n) is 1.64. The highest BCUT2D eigenvalue weighted by Crippen LogP contribution is 2.11. The molecular weight excluding hydrogens is 210 g/mol. The molecule has 0 amide bonds. The van der Waals surface area contributed by atoms with Crippen LogP contribution in [0.2, 0.25) is 0 Å². The Morgan fingerprint density at radius 2 is 2.00 bits per heavy atom. The fourth-order valence-corrected chi connectivity index (χ4v) is 1.05. The van der Waals surface area contributed by atoms with E-state index in [1.807, 2.05) is 30.3 Å². The lowest BCUT2D eigenvalue weighted by molar-refractivity contribution is 0.326. The van der Waals surface area contributed by atoms with Gasteiger partial charge in [-0.25, -0.2) is 0 Å². The molecule has 0 aliphatic carbocycles.